The molecule has 0 bridgehead atoms. The zero-order valence-electron chi connectivity index (χ0n) is 15.4. The van der Waals surface area contributed by atoms with Crippen LogP contribution >= 0.6 is 0 Å². The van der Waals surface area contributed by atoms with Crippen molar-refractivity contribution in [3.8, 4) is 0 Å². The minimum atomic E-state index is -3.86. The molecule has 1 aromatic rings. The summed E-state index contributed by atoms with van der Waals surface area (Å²) in [4.78, 5) is 28.8. The van der Waals surface area contributed by atoms with E-state index in [0.29, 0.717) is 12.2 Å². The third-order valence-corrected chi connectivity index (χ3v) is 6.28. The Kier molecular flexibility index (Phi) is 5.55. The second-order valence-corrected chi connectivity index (χ2v) is 8.96. The highest BCUT2D eigenvalue weighted by Gasteiger charge is 2.40. The quantitative estimate of drug-likeness (QED) is 0.765. The van der Waals surface area contributed by atoms with Crippen molar-refractivity contribution in [3.63, 3.8) is 0 Å². The van der Waals surface area contributed by atoms with Crippen LogP contribution in [-0.4, -0.2) is 50.3 Å². The van der Waals surface area contributed by atoms with Crippen molar-refractivity contribution in [2.24, 2.45) is 16.8 Å². The molecule has 0 radical (unpaired) electrons. The fourth-order valence-corrected chi connectivity index (χ4v) is 4.52. The maximum absolute atomic E-state index is 13.0. The molecule has 0 aromatic heterocycles. The molecule has 0 saturated carbocycles. The summed E-state index contributed by atoms with van der Waals surface area (Å²) in [7, 11) is -3.86. The molecule has 0 spiro atoms. The second-order valence-electron chi connectivity index (χ2n) is 7.40. The zero-order chi connectivity index (χ0) is 19.8. The SMILES string of the molecule is CC(N)C1CCCCN1C(=O)C1CC(=O)N(c2cccc(S(N)(=O)=O)c2)C1. The average molecular weight is 394 g/mol. The summed E-state index contributed by atoms with van der Waals surface area (Å²) >= 11 is 0. The van der Waals surface area contributed by atoms with Gasteiger partial charge in [0.05, 0.1) is 10.8 Å². The van der Waals surface area contributed by atoms with Gasteiger partial charge in [-0.1, -0.05) is 6.07 Å². The van der Waals surface area contributed by atoms with E-state index in [1.54, 1.807) is 6.07 Å². The van der Waals surface area contributed by atoms with Crippen LogP contribution in [0.15, 0.2) is 29.2 Å². The van der Waals surface area contributed by atoms with Gasteiger partial charge in [-0.15, -0.1) is 0 Å². The maximum Gasteiger partial charge on any atom is 0.238 e. The number of carbonyl (C=O) groups excluding carboxylic acids is 2. The Morgan fingerprint density at radius 2 is 2.04 bits per heavy atom. The molecule has 148 valence electrons. The van der Waals surface area contributed by atoms with E-state index in [1.807, 2.05) is 11.8 Å². The summed E-state index contributed by atoms with van der Waals surface area (Å²) in [5, 5.41) is 5.17. The number of anilines is 1. The predicted molar refractivity (Wildman–Crippen MR) is 101 cm³/mol. The number of piperidine rings is 1. The number of nitrogens with two attached hydrogens (primary N) is 2. The monoisotopic (exact) mass is 394 g/mol. The van der Waals surface area contributed by atoms with E-state index in [4.69, 9.17) is 10.9 Å². The predicted octanol–water partition coefficient (Wildman–Crippen LogP) is 0.415. The molecule has 2 fully saturated rings. The Bertz CT molecular complexity index is 840. The number of hydrogen-bond acceptors (Lipinski definition) is 5. The van der Waals surface area contributed by atoms with Crippen molar-refractivity contribution in [2.75, 3.05) is 18.0 Å². The Morgan fingerprint density at radius 1 is 1.30 bits per heavy atom. The molecule has 3 rings (SSSR count). The van der Waals surface area contributed by atoms with Gasteiger partial charge in [-0.2, -0.15) is 0 Å². The Balaban J connectivity index is 1.78. The molecule has 27 heavy (non-hydrogen) atoms. The molecule has 2 heterocycles. The summed E-state index contributed by atoms with van der Waals surface area (Å²) in [6, 6.07) is 5.81. The van der Waals surface area contributed by atoms with Crippen molar-refractivity contribution < 1.29 is 18.0 Å². The molecular formula is C18H26N4O4S. The molecule has 2 saturated heterocycles. The second kappa shape index (κ2) is 7.57. The molecule has 3 unspecified atom stereocenters. The normalized spacial score (nSPS) is 24.9. The van der Waals surface area contributed by atoms with Crippen LogP contribution in [0.4, 0.5) is 5.69 Å². The van der Waals surface area contributed by atoms with E-state index < -0.39 is 15.9 Å². The number of carbonyl (C=O) groups is 2. The number of nitrogens with zero attached hydrogens (tertiary/aromatic N) is 2. The van der Waals surface area contributed by atoms with Crippen molar-refractivity contribution in [3.05, 3.63) is 24.3 Å². The molecule has 2 aliphatic rings. The molecular weight excluding hydrogens is 368 g/mol. The molecule has 9 heteroatoms. The van der Waals surface area contributed by atoms with E-state index in [0.717, 1.165) is 19.3 Å². The van der Waals surface area contributed by atoms with Crippen molar-refractivity contribution in [1.29, 1.82) is 0 Å². The van der Waals surface area contributed by atoms with Gasteiger partial charge in [-0.25, -0.2) is 13.6 Å². The number of likely N-dealkylation sites (tertiary alicyclic amines) is 1. The van der Waals surface area contributed by atoms with Crippen molar-refractivity contribution in [2.45, 2.75) is 49.6 Å². The number of rotatable bonds is 4. The van der Waals surface area contributed by atoms with Crippen molar-refractivity contribution in [1.82, 2.24) is 4.90 Å². The molecule has 2 aliphatic heterocycles. The van der Waals surface area contributed by atoms with E-state index in [1.165, 1.54) is 23.1 Å². The minimum absolute atomic E-state index is 0.00103. The van der Waals surface area contributed by atoms with Gasteiger partial charge >= 0.3 is 0 Å². The van der Waals surface area contributed by atoms with Gasteiger partial charge in [0, 0.05) is 37.3 Å². The lowest BCUT2D eigenvalue weighted by molar-refractivity contribution is -0.139. The zero-order valence-corrected chi connectivity index (χ0v) is 16.2. The smallest absolute Gasteiger partial charge is 0.238 e. The maximum atomic E-state index is 13.0. The standard InChI is InChI=1S/C18H26N4O4S/c1-12(19)16-7-2-3-8-21(16)18(24)13-9-17(23)22(11-13)14-5-4-6-15(10-14)27(20,25)26/h4-6,10,12-13,16H,2-3,7-9,11,19H2,1H3,(H2,20,25,26). The molecule has 0 aliphatic carbocycles. The third kappa shape index (κ3) is 4.15. The fraction of sp³-hybridized carbons (Fsp3) is 0.556. The van der Waals surface area contributed by atoms with Gasteiger partial charge in [-0.3, -0.25) is 9.59 Å². The van der Waals surface area contributed by atoms with E-state index in [2.05, 4.69) is 0 Å². The number of amides is 2. The van der Waals surface area contributed by atoms with Crippen LogP contribution in [0.5, 0.6) is 0 Å². The number of primary sulfonamides is 1. The highest BCUT2D eigenvalue weighted by molar-refractivity contribution is 7.89. The first-order valence-corrected chi connectivity index (χ1v) is 10.7. The summed E-state index contributed by atoms with van der Waals surface area (Å²) in [5.41, 5.74) is 6.49. The Morgan fingerprint density at radius 3 is 2.70 bits per heavy atom. The summed E-state index contributed by atoms with van der Waals surface area (Å²) in [5.74, 6) is -0.695. The third-order valence-electron chi connectivity index (χ3n) is 5.37. The Hall–Kier alpha value is -1.97. The molecule has 1 aromatic carbocycles. The van der Waals surface area contributed by atoms with Crippen LogP contribution in [0.1, 0.15) is 32.6 Å². The van der Waals surface area contributed by atoms with Crippen LogP contribution < -0.4 is 15.8 Å². The lowest BCUT2D eigenvalue weighted by atomic mass is 9.94. The Labute approximate surface area is 159 Å². The fourth-order valence-electron chi connectivity index (χ4n) is 3.96. The van der Waals surface area contributed by atoms with Crippen LogP contribution in [0.25, 0.3) is 0 Å². The molecule has 2 amide bonds. The highest BCUT2D eigenvalue weighted by Crippen LogP contribution is 2.30. The lowest BCUT2D eigenvalue weighted by Crippen LogP contribution is -2.53. The first-order valence-electron chi connectivity index (χ1n) is 9.18. The summed E-state index contributed by atoms with van der Waals surface area (Å²) in [6.45, 7) is 2.80. The highest BCUT2D eigenvalue weighted by atomic mass is 32.2. The number of hydrogen-bond donors (Lipinski definition) is 2. The van der Waals surface area contributed by atoms with E-state index in [9.17, 15) is 18.0 Å². The first-order chi connectivity index (χ1) is 12.7. The van der Waals surface area contributed by atoms with Gasteiger partial charge in [0.2, 0.25) is 21.8 Å². The largest absolute Gasteiger partial charge is 0.338 e. The van der Waals surface area contributed by atoms with Crippen LogP contribution in [0.3, 0.4) is 0 Å². The average Bonchev–Trinajstić information content (AvgIpc) is 3.02. The van der Waals surface area contributed by atoms with Gasteiger partial charge in [-0.05, 0) is 44.4 Å². The molecule has 4 N–H and O–H groups in total. The number of benzene rings is 1. The lowest BCUT2D eigenvalue weighted by Gasteiger charge is -2.39. The van der Waals surface area contributed by atoms with Crippen molar-refractivity contribution >= 4 is 27.5 Å². The molecule has 8 nitrogen and oxygen atoms in total. The van der Waals surface area contributed by atoms with E-state index in [-0.39, 0.29) is 41.8 Å². The van der Waals surface area contributed by atoms with Crippen LogP contribution in [-0.2, 0) is 19.6 Å². The first kappa shape index (κ1) is 19.8. The topological polar surface area (TPSA) is 127 Å². The van der Waals surface area contributed by atoms with Crippen LogP contribution in [0.2, 0.25) is 0 Å². The summed E-state index contributed by atoms with van der Waals surface area (Å²) < 4.78 is 23.1. The van der Waals surface area contributed by atoms with Gasteiger partial charge in [0.25, 0.3) is 0 Å². The van der Waals surface area contributed by atoms with Gasteiger partial charge in [0.1, 0.15) is 0 Å². The summed E-state index contributed by atoms with van der Waals surface area (Å²) in [6.07, 6.45) is 2.98. The number of sulfonamides is 1. The minimum Gasteiger partial charge on any atom is -0.338 e. The van der Waals surface area contributed by atoms with Gasteiger partial charge < -0.3 is 15.5 Å². The van der Waals surface area contributed by atoms with E-state index >= 15 is 0 Å². The van der Waals surface area contributed by atoms with Gasteiger partial charge in [0.15, 0.2) is 0 Å². The molecule has 3 atom stereocenters. The van der Waals surface area contributed by atoms with Crippen LogP contribution in [0, 0.1) is 5.92 Å².